The normalized spacial score (nSPS) is 12.1. The van der Waals surface area contributed by atoms with E-state index in [2.05, 4.69) is 5.32 Å². The summed E-state index contributed by atoms with van der Waals surface area (Å²) in [6.45, 7) is 5.94. The van der Waals surface area contributed by atoms with Crippen LogP contribution in [-0.2, 0) is 26.2 Å². The lowest BCUT2D eigenvalue weighted by atomic mass is 10.1. The van der Waals surface area contributed by atoms with Crippen molar-refractivity contribution in [3.05, 3.63) is 95.5 Å². The van der Waals surface area contributed by atoms with Crippen LogP contribution in [0.5, 0.6) is 0 Å². The number of anilines is 1. The lowest BCUT2D eigenvalue weighted by molar-refractivity contribution is -0.140. The van der Waals surface area contributed by atoms with Gasteiger partial charge in [0.05, 0.1) is 10.6 Å². The van der Waals surface area contributed by atoms with Crippen molar-refractivity contribution in [2.75, 3.05) is 17.4 Å². The Morgan fingerprint density at radius 1 is 0.921 bits per heavy atom. The van der Waals surface area contributed by atoms with Gasteiger partial charge in [0, 0.05) is 18.1 Å². The number of sulfonamides is 1. The van der Waals surface area contributed by atoms with E-state index < -0.39 is 28.5 Å². The Morgan fingerprint density at radius 3 is 2.13 bits per heavy atom. The smallest absolute Gasteiger partial charge is 0.264 e. The molecule has 0 heterocycles. The topological polar surface area (TPSA) is 86.8 Å². The largest absolute Gasteiger partial charge is 0.354 e. The number of benzene rings is 3. The van der Waals surface area contributed by atoms with Gasteiger partial charge in [-0.2, -0.15) is 0 Å². The average Bonchev–Trinajstić information content (AvgIpc) is 2.91. The van der Waals surface area contributed by atoms with Gasteiger partial charge in [-0.25, -0.2) is 8.42 Å². The van der Waals surface area contributed by atoms with Crippen LogP contribution < -0.4 is 9.62 Å². The molecule has 9 heteroatoms. The van der Waals surface area contributed by atoms with Gasteiger partial charge in [0.1, 0.15) is 12.6 Å². The van der Waals surface area contributed by atoms with Crippen LogP contribution in [0.15, 0.2) is 89.8 Å². The van der Waals surface area contributed by atoms with E-state index in [9.17, 15) is 18.0 Å². The lowest BCUT2D eigenvalue weighted by Crippen LogP contribution is -2.52. The highest BCUT2D eigenvalue weighted by atomic mass is 35.5. The van der Waals surface area contributed by atoms with E-state index in [-0.39, 0.29) is 29.0 Å². The molecule has 202 valence electrons. The predicted octanol–water partition coefficient (Wildman–Crippen LogP) is 5.11. The lowest BCUT2D eigenvalue weighted by Gasteiger charge is -2.33. The highest BCUT2D eigenvalue weighted by Crippen LogP contribution is 2.27. The standard InChI is InChI=1S/C29H34ClN3O4S/c1-4-27(29(35)31-19-22(2)3)32(20-23-12-7-5-8-13-23)28(34)21-33(25-15-11-14-24(30)18-25)38(36,37)26-16-9-6-10-17-26/h5-18,22,27H,4,19-21H2,1-3H3,(H,31,35)/t27-/m0/s1. The SMILES string of the molecule is CC[C@@H](C(=O)NCC(C)C)N(Cc1ccccc1)C(=O)CN(c1cccc(Cl)c1)S(=O)(=O)c1ccccc1. The Hall–Kier alpha value is -3.36. The van der Waals surface area contributed by atoms with Crippen molar-refractivity contribution in [1.29, 1.82) is 0 Å². The molecular weight excluding hydrogens is 522 g/mol. The summed E-state index contributed by atoms with van der Waals surface area (Å²) in [6, 6.07) is 22.8. The summed E-state index contributed by atoms with van der Waals surface area (Å²) in [5.74, 6) is -0.533. The minimum Gasteiger partial charge on any atom is -0.354 e. The maximum absolute atomic E-state index is 13.9. The molecule has 1 N–H and O–H groups in total. The molecule has 0 bridgehead atoms. The number of carbonyl (C=O) groups excluding carboxylic acids is 2. The zero-order chi connectivity index (χ0) is 27.7. The van der Waals surface area contributed by atoms with Gasteiger partial charge in [-0.1, -0.05) is 87.0 Å². The second-order valence-corrected chi connectivity index (χ2v) is 11.7. The van der Waals surface area contributed by atoms with Crippen LogP contribution in [0.4, 0.5) is 5.69 Å². The molecule has 0 saturated heterocycles. The van der Waals surface area contributed by atoms with E-state index in [1.54, 1.807) is 36.4 Å². The number of hydrogen-bond acceptors (Lipinski definition) is 4. The second-order valence-electron chi connectivity index (χ2n) is 9.37. The van der Waals surface area contributed by atoms with E-state index in [0.717, 1.165) is 9.87 Å². The number of nitrogens with zero attached hydrogens (tertiary/aromatic N) is 2. The van der Waals surface area contributed by atoms with Crippen LogP contribution in [0.25, 0.3) is 0 Å². The molecule has 3 aromatic carbocycles. The molecule has 3 aromatic rings. The van der Waals surface area contributed by atoms with Crippen molar-refractivity contribution in [3.8, 4) is 0 Å². The van der Waals surface area contributed by atoms with E-state index in [1.807, 2.05) is 51.1 Å². The van der Waals surface area contributed by atoms with Crippen molar-refractivity contribution >= 4 is 39.1 Å². The monoisotopic (exact) mass is 555 g/mol. The van der Waals surface area contributed by atoms with Gasteiger partial charge in [-0.05, 0) is 48.2 Å². The summed E-state index contributed by atoms with van der Waals surface area (Å²) in [5, 5.41) is 3.26. The third kappa shape index (κ3) is 7.58. The molecule has 3 rings (SSSR count). The van der Waals surface area contributed by atoms with Crippen LogP contribution in [0.3, 0.4) is 0 Å². The fraction of sp³-hybridized carbons (Fsp3) is 0.310. The predicted molar refractivity (Wildman–Crippen MR) is 151 cm³/mol. The van der Waals surface area contributed by atoms with Crippen molar-refractivity contribution in [1.82, 2.24) is 10.2 Å². The Labute approximate surface area is 230 Å². The molecule has 0 unspecified atom stereocenters. The van der Waals surface area contributed by atoms with Gasteiger partial charge in [0.25, 0.3) is 10.0 Å². The van der Waals surface area contributed by atoms with Crippen LogP contribution >= 0.6 is 11.6 Å². The van der Waals surface area contributed by atoms with Gasteiger partial charge in [0.2, 0.25) is 11.8 Å². The first-order chi connectivity index (χ1) is 18.1. The summed E-state index contributed by atoms with van der Waals surface area (Å²) >= 11 is 6.20. The molecule has 0 aliphatic heterocycles. The van der Waals surface area contributed by atoms with Crippen molar-refractivity contribution in [2.24, 2.45) is 5.92 Å². The summed E-state index contributed by atoms with van der Waals surface area (Å²) in [7, 11) is -4.12. The van der Waals surface area contributed by atoms with E-state index in [1.165, 1.54) is 23.1 Å². The molecule has 0 spiro atoms. The van der Waals surface area contributed by atoms with Gasteiger partial charge >= 0.3 is 0 Å². The van der Waals surface area contributed by atoms with Crippen LogP contribution in [-0.4, -0.2) is 44.3 Å². The number of amides is 2. The van der Waals surface area contributed by atoms with Crippen molar-refractivity contribution in [2.45, 2.75) is 44.7 Å². The van der Waals surface area contributed by atoms with Crippen LogP contribution in [0.2, 0.25) is 5.02 Å². The number of nitrogens with one attached hydrogen (secondary N) is 1. The fourth-order valence-electron chi connectivity index (χ4n) is 4.00. The number of rotatable bonds is 12. The first-order valence-corrected chi connectivity index (χ1v) is 14.4. The maximum Gasteiger partial charge on any atom is 0.264 e. The third-order valence-corrected chi connectivity index (χ3v) is 8.00. The minimum atomic E-state index is -4.12. The Balaban J connectivity index is 2.02. The highest BCUT2D eigenvalue weighted by Gasteiger charge is 2.33. The van der Waals surface area contributed by atoms with E-state index in [0.29, 0.717) is 18.0 Å². The van der Waals surface area contributed by atoms with Crippen LogP contribution in [0, 0.1) is 5.92 Å². The zero-order valence-electron chi connectivity index (χ0n) is 21.9. The van der Waals surface area contributed by atoms with Gasteiger partial charge in [-0.15, -0.1) is 0 Å². The number of hydrogen-bond donors (Lipinski definition) is 1. The number of carbonyl (C=O) groups is 2. The zero-order valence-corrected chi connectivity index (χ0v) is 23.5. The molecule has 0 fully saturated rings. The van der Waals surface area contributed by atoms with Gasteiger partial charge in [0.15, 0.2) is 0 Å². The third-order valence-electron chi connectivity index (χ3n) is 5.97. The molecule has 2 amide bonds. The average molecular weight is 556 g/mol. The molecule has 38 heavy (non-hydrogen) atoms. The van der Waals surface area contributed by atoms with E-state index in [4.69, 9.17) is 11.6 Å². The Morgan fingerprint density at radius 2 is 1.55 bits per heavy atom. The van der Waals surface area contributed by atoms with Gasteiger partial charge < -0.3 is 10.2 Å². The Kier molecular flexibility index (Phi) is 10.3. The Bertz CT molecular complexity index is 1320. The molecule has 0 aliphatic rings. The molecule has 0 aromatic heterocycles. The van der Waals surface area contributed by atoms with Crippen molar-refractivity contribution in [3.63, 3.8) is 0 Å². The van der Waals surface area contributed by atoms with Crippen molar-refractivity contribution < 1.29 is 18.0 Å². The molecule has 7 nitrogen and oxygen atoms in total. The first kappa shape index (κ1) is 29.2. The summed E-state index contributed by atoms with van der Waals surface area (Å²) in [5.41, 5.74) is 1.09. The maximum atomic E-state index is 13.9. The summed E-state index contributed by atoms with van der Waals surface area (Å²) < 4.78 is 28.5. The molecule has 0 aliphatic carbocycles. The molecule has 0 saturated carbocycles. The summed E-state index contributed by atoms with van der Waals surface area (Å²) in [4.78, 5) is 28.6. The second kappa shape index (κ2) is 13.4. The van der Waals surface area contributed by atoms with E-state index >= 15 is 0 Å². The molecule has 1 atom stereocenters. The van der Waals surface area contributed by atoms with Crippen LogP contribution in [0.1, 0.15) is 32.8 Å². The molecule has 0 radical (unpaired) electrons. The minimum absolute atomic E-state index is 0.0455. The number of halogens is 1. The summed E-state index contributed by atoms with van der Waals surface area (Å²) in [6.07, 6.45) is 0.366. The fourth-order valence-corrected chi connectivity index (χ4v) is 5.61. The highest BCUT2D eigenvalue weighted by molar-refractivity contribution is 7.92. The first-order valence-electron chi connectivity index (χ1n) is 12.6. The molecular formula is C29H34ClN3O4S. The van der Waals surface area contributed by atoms with Gasteiger partial charge in [-0.3, -0.25) is 13.9 Å². The quantitative estimate of drug-likeness (QED) is 0.336.